The molecule has 3 aromatic rings. The van der Waals surface area contributed by atoms with Crippen LogP contribution in [-0.2, 0) is 11.3 Å². The summed E-state index contributed by atoms with van der Waals surface area (Å²) >= 11 is 0. The lowest BCUT2D eigenvalue weighted by Crippen LogP contribution is -2.07. The van der Waals surface area contributed by atoms with Crippen LogP contribution in [0.1, 0.15) is 22.7 Å². The smallest absolute Gasteiger partial charge is 0.222 e. The molecule has 0 aliphatic carbocycles. The number of hydrogen-bond acceptors (Lipinski definition) is 4. The van der Waals surface area contributed by atoms with Crippen molar-refractivity contribution in [2.45, 2.75) is 12.6 Å². The van der Waals surface area contributed by atoms with Crippen LogP contribution in [0.3, 0.4) is 0 Å². The molecule has 1 aliphatic rings. The van der Waals surface area contributed by atoms with Gasteiger partial charge < -0.3 is 9.47 Å². The minimum Gasteiger partial charge on any atom is -0.487 e. The molecule has 0 fully saturated rings. The number of nitrogens with zero attached hydrogens (tertiary/aromatic N) is 2. The average molecular weight is 366 g/mol. The molecule has 0 saturated carbocycles. The van der Waals surface area contributed by atoms with Gasteiger partial charge in [0.15, 0.2) is 0 Å². The largest absolute Gasteiger partial charge is 0.487 e. The molecule has 0 spiro atoms. The molecular weight excluding hydrogens is 350 g/mol. The van der Waals surface area contributed by atoms with Crippen LogP contribution in [0.5, 0.6) is 5.75 Å². The van der Waals surface area contributed by atoms with Crippen molar-refractivity contribution in [3.05, 3.63) is 95.3 Å². The number of aromatic nitrogens is 1. The van der Waals surface area contributed by atoms with E-state index in [1.807, 2.05) is 36.4 Å². The lowest BCUT2D eigenvalue weighted by atomic mass is 10.1. The summed E-state index contributed by atoms with van der Waals surface area (Å²) in [6.45, 7) is 0.663. The second kappa shape index (κ2) is 7.53. The molecule has 0 radical (unpaired) electrons. The SMILES string of the molecule is Fc1cccc(F)c1C1=NC(c2ccc(COc3cccnc3)cc2)CO1. The summed E-state index contributed by atoms with van der Waals surface area (Å²) in [5, 5.41) is 0. The van der Waals surface area contributed by atoms with Crippen molar-refractivity contribution < 1.29 is 18.3 Å². The molecular formula is C21H16F2N2O2. The van der Waals surface area contributed by atoms with Crippen molar-refractivity contribution in [2.24, 2.45) is 4.99 Å². The fraction of sp³-hybridized carbons (Fsp3) is 0.143. The maximum absolute atomic E-state index is 13.9. The van der Waals surface area contributed by atoms with Crippen LogP contribution in [0.4, 0.5) is 8.78 Å². The normalized spacial score (nSPS) is 15.9. The molecule has 2 heterocycles. The molecule has 0 bridgehead atoms. The predicted molar refractivity (Wildman–Crippen MR) is 96.6 cm³/mol. The van der Waals surface area contributed by atoms with Crippen molar-refractivity contribution >= 4 is 5.90 Å². The molecule has 0 N–H and O–H groups in total. The maximum Gasteiger partial charge on any atom is 0.222 e. The van der Waals surface area contributed by atoms with Crippen LogP contribution in [0, 0.1) is 11.6 Å². The Morgan fingerprint density at radius 3 is 2.48 bits per heavy atom. The molecule has 4 nitrogen and oxygen atoms in total. The summed E-state index contributed by atoms with van der Waals surface area (Å²) in [5.41, 5.74) is 1.68. The molecule has 1 unspecified atom stereocenters. The maximum atomic E-state index is 13.9. The Balaban J connectivity index is 1.46. The zero-order valence-corrected chi connectivity index (χ0v) is 14.3. The summed E-state index contributed by atoms with van der Waals surface area (Å²) in [6, 6.07) is 14.7. The van der Waals surface area contributed by atoms with Crippen molar-refractivity contribution in [1.29, 1.82) is 0 Å². The Hall–Kier alpha value is -3.28. The van der Waals surface area contributed by atoms with Gasteiger partial charge in [-0.05, 0) is 35.4 Å². The minimum atomic E-state index is -0.683. The topological polar surface area (TPSA) is 43.7 Å². The molecule has 1 aliphatic heterocycles. The van der Waals surface area contributed by atoms with Crippen LogP contribution < -0.4 is 4.74 Å². The van der Waals surface area contributed by atoms with Crippen LogP contribution in [0.2, 0.25) is 0 Å². The molecule has 0 saturated heterocycles. The van der Waals surface area contributed by atoms with Crippen LogP contribution in [0.25, 0.3) is 0 Å². The third-order valence-corrected chi connectivity index (χ3v) is 4.23. The lowest BCUT2D eigenvalue weighted by molar-refractivity contribution is 0.304. The summed E-state index contributed by atoms with van der Waals surface area (Å²) in [7, 11) is 0. The second-order valence-electron chi connectivity index (χ2n) is 6.08. The number of pyridine rings is 1. The van der Waals surface area contributed by atoms with E-state index in [9.17, 15) is 8.78 Å². The molecule has 1 aromatic heterocycles. The summed E-state index contributed by atoms with van der Waals surface area (Å²) in [4.78, 5) is 8.35. The first-order valence-corrected chi connectivity index (χ1v) is 8.47. The highest BCUT2D eigenvalue weighted by Gasteiger charge is 2.26. The third-order valence-electron chi connectivity index (χ3n) is 4.23. The van der Waals surface area contributed by atoms with Gasteiger partial charge >= 0.3 is 0 Å². The van der Waals surface area contributed by atoms with E-state index in [-0.39, 0.29) is 24.1 Å². The van der Waals surface area contributed by atoms with Gasteiger partial charge in [0.1, 0.15) is 42.2 Å². The number of aliphatic imine (C=N–C) groups is 1. The second-order valence-corrected chi connectivity index (χ2v) is 6.08. The standard InChI is InChI=1S/C21H16F2N2O2/c22-17-4-1-5-18(23)20(17)21-25-19(13-27-21)15-8-6-14(7-9-15)12-26-16-3-2-10-24-11-16/h1-11,19H,12-13H2. The molecule has 6 heteroatoms. The summed E-state index contributed by atoms with van der Waals surface area (Å²) in [6.07, 6.45) is 3.34. The van der Waals surface area contributed by atoms with Crippen molar-refractivity contribution in [2.75, 3.05) is 6.61 Å². The fourth-order valence-corrected chi connectivity index (χ4v) is 2.82. The van der Waals surface area contributed by atoms with Crippen LogP contribution >= 0.6 is 0 Å². The molecule has 1 atom stereocenters. The van der Waals surface area contributed by atoms with Gasteiger partial charge in [-0.3, -0.25) is 4.98 Å². The van der Waals surface area contributed by atoms with Gasteiger partial charge in [0.05, 0.1) is 6.20 Å². The first kappa shape index (κ1) is 17.1. The Bertz CT molecular complexity index is 939. The van der Waals surface area contributed by atoms with E-state index in [1.54, 1.807) is 12.4 Å². The number of benzene rings is 2. The first-order chi connectivity index (χ1) is 13.2. The van der Waals surface area contributed by atoms with E-state index in [0.717, 1.165) is 11.1 Å². The van der Waals surface area contributed by atoms with Gasteiger partial charge in [0.25, 0.3) is 0 Å². The molecule has 4 rings (SSSR count). The Labute approximate surface area is 155 Å². The molecule has 2 aromatic carbocycles. The van der Waals surface area contributed by atoms with E-state index in [4.69, 9.17) is 9.47 Å². The average Bonchev–Trinajstić information content (AvgIpc) is 3.17. The van der Waals surface area contributed by atoms with E-state index >= 15 is 0 Å². The van der Waals surface area contributed by atoms with E-state index < -0.39 is 11.6 Å². The van der Waals surface area contributed by atoms with Crippen molar-refractivity contribution in [3.8, 4) is 5.75 Å². The number of hydrogen-bond donors (Lipinski definition) is 0. The molecule has 27 heavy (non-hydrogen) atoms. The highest BCUT2D eigenvalue weighted by atomic mass is 19.1. The van der Waals surface area contributed by atoms with Gasteiger partial charge in [-0.1, -0.05) is 30.3 Å². The Kier molecular flexibility index (Phi) is 4.78. The van der Waals surface area contributed by atoms with Crippen LogP contribution in [-0.4, -0.2) is 17.5 Å². The lowest BCUT2D eigenvalue weighted by Gasteiger charge is -2.08. The summed E-state index contributed by atoms with van der Waals surface area (Å²) in [5.74, 6) is -0.666. The van der Waals surface area contributed by atoms with E-state index in [1.165, 1.54) is 18.2 Å². The fourth-order valence-electron chi connectivity index (χ4n) is 2.82. The Morgan fingerprint density at radius 2 is 1.78 bits per heavy atom. The zero-order valence-electron chi connectivity index (χ0n) is 14.3. The van der Waals surface area contributed by atoms with Crippen LogP contribution in [0.15, 0.2) is 72.0 Å². The molecule has 136 valence electrons. The van der Waals surface area contributed by atoms with E-state index in [0.29, 0.717) is 12.4 Å². The van der Waals surface area contributed by atoms with Gasteiger partial charge in [-0.2, -0.15) is 0 Å². The number of rotatable bonds is 5. The number of halogens is 2. The van der Waals surface area contributed by atoms with Gasteiger partial charge in [-0.15, -0.1) is 0 Å². The monoisotopic (exact) mass is 366 g/mol. The zero-order chi connectivity index (χ0) is 18.6. The predicted octanol–water partition coefficient (Wildman–Crippen LogP) is 4.46. The Morgan fingerprint density at radius 1 is 1.00 bits per heavy atom. The summed E-state index contributed by atoms with van der Waals surface area (Å²) < 4.78 is 38.9. The highest BCUT2D eigenvalue weighted by Crippen LogP contribution is 2.27. The number of ether oxygens (including phenoxy) is 2. The first-order valence-electron chi connectivity index (χ1n) is 8.47. The van der Waals surface area contributed by atoms with Gasteiger partial charge in [-0.25, -0.2) is 13.8 Å². The minimum absolute atomic E-state index is 0.000382. The van der Waals surface area contributed by atoms with Crippen molar-refractivity contribution in [3.63, 3.8) is 0 Å². The van der Waals surface area contributed by atoms with Gasteiger partial charge in [0.2, 0.25) is 5.90 Å². The molecule has 0 amide bonds. The van der Waals surface area contributed by atoms with Crippen molar-refractivity contribution in [1.82, 2.24) is 4.98 Å². The quantitative estimate of drug-likeness (QED) is 0.670. The van der Waals surface area contributed by atoms with Gasteiger partial charge in [0, 0.05) is 6.20 Å². The van der Waals surface area contributed by atoms with E-state index in [2.05, 4.69) is 9.98 Å². The third kappa shape index (κ3) is 3.79. The highest BCUT2D eigenvalue weighted by molar-refractivity contribution is 5.95.